The average molecular weight is 452 g/mol. The van der Waals surface area contributed by atoms with Crippen molar-refractivity contribution in [3.8, 4) is 0 Å². The highest BCUT2D eigenvalue weighted by molar-refractivity contribution is 7.94. The van der Waals surface area contributed by atoms with Crippen molar-refractivity contribution < 1.29 is 32.2 Å². The van der Waals surface area contributed by atoms with E-state index < -0.39 is 50.2 Å². The number of sulfone groups is 1. The minimum atomic E-state index is -4.45. The van der Waals surface area contributed by atoms with E-state index in [1.807, 2.05) is 0 Å². The molecule has 0 aliphatic heterocycles. The molecule has 2 unspecified atom stereocenters. The lowest BCUT2D eigenvalue weighted by atomic mass is 10.0. The minimum absolute atomic E-state index is 0.0662. The van der Waals surface area contributed by atoms with E-state index >= 15 is 0 Å². The number of nitrogens with one attached hydrogen (secondary N) is 1. The van der Waals surface area contributed by atoms with Gasteiger partial charge in [-0.1, -0.05) is 56.3 Å². The molecule has 0 saturated heterocycles. The van der Waals surface area contributed by atoms with Crippen molar-refractivity contribution in [3.05, 3.63) is 71.5 Å². The number of ether oxygens (including phenoxy) is 1. The predicted octanol–water partition coefficient (Wildman–Crippen LogP) is 3.53. The summed E-state index contributed by atoms with van der Waals surface area (Å²) in [6, 6.07) is 13.8. The van der Waals surface area contributed by atoms with Gasteiger partial charge in [-0.3, -0.25) is 4.79 Å². The van der Waals surface area contributed by atoms with Crippen molar-refractivity contribution in [3.63, 3.8) is 0 Å². The van der Waals surface area contributed by atoms with Crippen LogP contribution < -0.4 is 5.32 Å². The SMILES string of the molecule is CC(C)C(NC(=O)OCc1ccccc1)S(=O)(=O)C(C)(Cc1ccc(F)cc1)C(=O)O. The molecule has 0 heterocycles. The van der Waals surface area contributed by atoms with E-state index in [0.717, 1.165) is 19.1 Å². The third-order valence-corrected chi connectivity index (χ3v) is 7.85. The number of amides is 1. The van der Waals surface area contributed by atoms with Gasteiger partial charge in [0.15, 0.2) is 14.6 Å². The number of carbonyl (C=O) groups is 2. The zero-order valence-electron chi connectivity index (χ0n) is 17.5. The zero-order valence-corrected chi connectivity index (χ0v) is 18.4. The molecule has 2 aromatic carbocycles. The summed E-state index contributed by atoms with van der Waals surface area (Å²) < 4.78 is 42.8. The standard InChI is InChI=1S/C22H26FNO6S/c1-15(2)19(24-21(27)30-14-17-7-5-4-6-8-17)31(28,29)22(3,20(25)26)13-16-9-11-18(23)12-10-16/h4-12,15,19H,13-14H2,1-3H3,(H,24,27)(H,25,26). The van der Waals surface area contributed by atoms with Crippen molar-refractivity contribution >= 4 is 21.9 Å². The molecule has 2 N–H and O–H groups in total. The lowest BCUT2D eigenvalue weighted by molar-refractivity contribution is -0.139. The number of hydrogen-bond acceptors (Lipinski definition) is 5. The summed E-state index contributed by atoms with van der Waals surface area (Å²) in [6.45, 7) is 4.13. The number of hydrogen-bond donors (Lipinski definition) is 2. The van der Waals surface area contributed by atoms with E-state index in [-0.39, 0.29) is 6.61 Å². The number of halogens is 1. The highest BCUT2D eigenvalue weighted by Crippen LogP contribution is 2.29. The maximum absolute atomic E-state index is 13.4. The lowest BCUT2D eigenvalue weighted by Crippen LogP contribution is -2.56. The van der Waals surface area contributed by atoms with E-state index in [4.69, 9.17) is 4.74 Å². The number of carboxylic acids is 1. The van der Waals surface area contributed by atoms with E-state index in [1.165, 1.54) is 12.1 Å². The van der Waals surface area contributed by atoms with Crippen molar-refractivity contribution in [2.75, 3.05) is 0 Å². The molecule has 2 atom stereocenters. The van der Waals surface area contributed by atoms with Gasteiger partial charge in [0.05, 0.1) is 0 Å². The van der Waals surface area contributed by atoms with Crippen LogP contribution in [0.3, 0.4) is 0 Å². The Morgan fingerprint density at radius 1 is 1.06 bits per heavy atom. The molecule has 7 nitrogen and oxygen atoms in total. The predicted molar refractivity (Wildman–Crippen MR) is 113 cm³/mol. The summed E-state index contributed by atoms with van der Waals surface area (Å²) in [5, 5.41) is 10.6. The third-order valence-electron chi connectivity index (χ3n) is 4.95. The van der Waals surface area contributed by atoms with E-state index in [1.54, 1.807) is 44.2 Å². The van der Waals surface area contributed by atoms with Crippen LogP contribution in [0.4, 0.5) is 9.18 Å². The smallest absolute Gasteiger partial charge is 0.408 e. The summed E-state index contributed by atoms with van der Waals surface area (Å²) in [5.74, 6) is -2.73. The molecular formula is C22H26FNO6S. The van der Waals surface area contributed by atoms with Gasteiger partial charge in [-0.05, 0) is 36.1 Å². The van der Waals surface area contributed by atoms with Gasteiger partial charge in [0, 0.05) is 6.42 Å². The molecule has 0 aliphatic carbocycles. The van der Waals surface area contributed by atoms with Crippen LogP contribution in [0.2, 0.25) is 0 Å². The monoisotopic (exact) mass is 451 g/mol. The molecule has 0 fully saturated rings. The van der Waals surface area contributed by atoms with Crippen molar-refractivity contribution in [2.24, 2.45) is 5.92 Å². The highest BCUT2D eigenvalue weighted by atomic mass is 32.2. The largest absolute Gasteiger partial charge is 0.480 e. The molecule has 168 valence electrons. The Morgan fingerprint density at radius 2 is 1.65 bits per heavy atom. The highest BCUT2D eigenvalue weighted by Gasteiger charge is 2.52. The molecule has 0 aliphatic rings. The van der Waals surface area contributed by atoms with Gasteiger partial charge in [0.25, 0.3) is 0 Å². The molecule has 0 saturated carbocycles. The molecular weight excluding hydrogens is 425 g/mol. The van der Waals surface area contributed by atoms with Gasteiger partial charge in [0.1, 0.15) is 17.8 Å². The Hall–Kier alpha value is -2.94. The van der Waals surface area contributed by atoms with Crippen LogP contribution in [0.5, 0.6) is 0 Å². The van der Waals surface area contributed by atoms with Crippen LogP contribution in [-0.2, 0) is 32.4 Å². The van der Waals surface area contributed by atoms with Crippen LogP contribution >= 0.6 is 0 Å². The Balaban J connectivity index is 2.25. The fourth-order valence-electron chi connectivity index (χ4n) is 3.05. The molecule has 0 aromatic heterocycles. The van der Waals surface area contributed by atoms with Crippen molar-refractivity contribution in [1.82, 2.24) is 5.32 Å². The summed E-state index contributed by atoms with van der Waals surface area (Å²) in [6.07, 6.45) is -1.37. The quantitative estimate of drug-likeness (QED) is 0.604. The van der Waals surface area contributed by atoms with Crippen LogP contribution in [0.15, 0.2) is 54.6 Å². The summed E-state index contributed by atoms with van der Waals surface area (Å²) in [5.41, 5.74) is 1.05. The number of aliphatic carboxylic acids is 1. The molecule has 0 radical (unpaired) electrons. The van der Waals surface area contributed by atoms with E-state index in [9.17, 15) is 27.5 Å². The number of carboxylic acid groups (broad SMARTS) is 1. The van der Waals surface area contributed by atoms with Crippen LogP contribution in [-0.4, -0.2) is 35.7 Å². The topological polar surface area (TPSA) is 110 Å². The number of rotatable bonds is 9. The zero-order chi connectivity index (χ0) is 23.2. The second-order valence-electron chi connectivity index (χ2n) is 7.75. The van der Waals surface area contributed by atoms with Gasteiger partial charge in [-0.15, -0.1) is 0 Å². The average Bonchev–Trinajstić information content (AvgIpc) is 2.72. The normalized spacial score (nSPS) is 14.5. The Kier molecular flexibility index (Phi) is 7.78. The number of carbonyl (C=O) groups excluding carboxylic acids is 1. The second kappa shape index (κ2) is 9.91. The maximum atomic E-state index is 13.4. The van der Waals surface area contributed by atoms with Gasteiger partial charge in [-0.25, -0.2) is 17.6 Å². The minimum Gasteiger partial charge on any atom is -0.480 e. The summed E-state index contributed by atoms with van der Waals surface area (Å²) in [4.78, 5) is 24.3. The van der Waals surface area contributed by atoms with Gasteiger partial charge < -0.3 is 15.2 Å². The maximum Gasteiger partial charge on any atom is 0.408 e. The van der Waals surface area contributed by atoms with Gasteiger partial charge in [-0.2, -0.15) is 0 Å². The Morgan fingerprint density at radius 3 is 2.16 bits per heavy atom. The molecule has 2 aromatic rings. The number of benzene rings is 2. The van der Waals surface area contributed by atoms with Crippen LogP contribution in [0.25, 0.3) is 0 Å². The van der Waals surface area contributed by atoms with E-state index in [2.05, 4.69) is 5.32 Å². The molecule has 1 amide bonds. The van der Waals surface area contributed by atoms with E-state index in [0.29, 0.717) is 11.1 Å². The fraction of sp³-hybridized carbons (Fsp3) is 0.364. The first kappa shape index (κ1) is 24.3. The Bertz CT molecular complexity index is 1010. The van der Waals surface area contributed by atoms with Crippen molar-refractivity contribution in [1.29, 1.82) is 0 Å². The molecule has 0 spiro atoms. The van der Waals surface area contributed by atoms with Crippen LogP contribution in [0.1, 0.15) is 31.9 Å². The first-order valence-electron chi connectivity index (χ1n) is 9.66. The Labute approximate surface area is 181 Å². The molecule has 2 rings (SSSR count). The fourth-order valence-corrected chi connectivity index (χ4v) is 5.19. The summed E-state index contributed by atoms with van der Waals surface area (Å²) in [7, 11) is -4.45. The molecule has 9 heteroatoms. The third kappa shape index (κ3) is 5.81. The molecule has 0 bridgehead atoms. The number of alkyl carbamates (subject to hydrolysis) is 1. The van der Waals surface area contributed by atoms with Crippen LogP contribution in [0, 0.1) is 11.7 Å². The van der Waals surface area contributed by atoms with Gasteiger partial charge in [0.2, 0.25) is 0 Å². The van der Waals surface area contributed by atoms with Gasteiger partial charge >= 0.3 is 12.1 Å². The molecule has 31 heavy (non-hydrogen) atoms. The first-order valence-corrected chi connectivity index (χ1v) is 11.2. The lowest BCUT2D eigenvalue weighted by Gasteiger charge is -2.32. The second-order valence-corrected chi connectivity index (χ2v) is 10.3. The first-order chi connectivity index (χ1) is 14.5. The summed E-state index contributed by atoms with van der Waals surface area (Å²) >= 11 is 0. The van der Waals surface area contributed by atoms with Crippen molar-refractivity contribution in [2.45, 2.75) is 43.9 Å².